The molecule has 0 amide bonds. The second-order valence-corrected chi connectivity index (χ2v) is 7.61. The van der Waals surface area contributed by atoms with Crippen LogP contribution in [-0.4, -0.2) is 31.7 Å². The number of epoxide rings is 1. The maximum atomic E-state index is 6.02. The number of ether oxygens (including phenoxy) is 3. The number of unbranched alkanes of at least 4 members (excludes halogenated alkanes) is 6. The molecule has 0 spiro atoms. The van der Waals surface area contributed by atoms with Crippen molar-refractivity contribution in [3.63, 3.8) is 0 Å². The topological polar surface area (TPSA) is 31.0 Å². The highest BCUT2D eigenvalue weighted by atomic mass is 16.7. The maximum Gasteiger partial charge on any atom is 0.167 e. The van der Waals surface area contributed by atoms with Crippen molar-refractivity contribution in [1.29, 1.82) is 0 Å². The molecule has 2 fully saturated rings. The van der Waals surface area contributed by atoms with Crippen molar-refractivity contribution in [3.05, 3.63) is 0 Å². The van der Waals surface area contributed by atoms with Crippen molar-refractivity contribution in [2.45, 2.75) is 114 Å². The second kappa shape index (κ2) is 9.39. The van der Waals surface area contributed by atoms with E-state index in [4.69, 9.17) is 14.2 Å². The van der Waals surface area contributed by atoms with Gasteiger partial charge in [0.25, 0.3) is 0 Å². The minimum Gasteiger partial charge on any atom is -0.366 e. The van der Waals surface area contributed by atoms with E-state index in [9.17, 15) is 0 Å². The molecule has 1 heterocycles. The average Bonchev–Trinajstić information content (AvgIpc) is 3.32. The predicted octanol–water partition coefficient (Wildman–Crippen LogP) is 5.61. The average molecular weight is 327 g/mol. The van der Waals surface area contributed by atoms with Crippen LogP contribution in [0, 0.1) is 0 Å². The fourth-order valence-corrected chi connectivity index (χ4v) is 4.26. The monoisotopic (exact) mass is 326 g/mol. The van der Waals surface area contributed by atoms with Gasteiger partial charge < -0.3 is 14.2 Å². The van der Waals surface area contributed by atoms with E-state index in [1.165, 1.54) is 70.6 Å². The molecule has 3 heteroatoms. The van der Waals surface area contributed by atoms with Crippen LogP contribution in [0.5, 0.6) is 0 Å². The third-order valence-corrected chi connectivity index (χ3v) is 6.06. The van der Waals surface area contributed by atoms with Gasteiger partial charge in [0.05, 0.1) is 11.7 Å². The Hall–Kier alpha value is -0.120. The summed E-state index contributed by atoms with van der Waals surface area (Å²) < 4.78 is 17.6. The van der Waals surface area contributed by atoms with Gasteiger partial charge in [-0.15, -0.1) is 0 Å². The van der Waals surface area contributed by atoms with Gasteiger partial charge >= 0.3 is 0 Å². The third kappa shape index (κ3) is 5.44. The molecular formula is C20H38O3. The predicted molar refractivity (Wildman–Crippen MR) is 94.7 cm³/mol. The van der Waals surface area contributed by atoms with Crippen LogP contribution in [0.25, 0.3) is 0 Å². The minimum atomic E-state index is -0.397. The van der Waals surface area contributed by atoms with Gasteiger partial charge in [-0.05, 0) is 25.7 Å². The van der Waals surface area contributed by atoms with Crippen LogP contribution in [0.4, 0.5) is 0 Å². The molecule has 2 unspecified atom stereocenters. The lowest BCUT2D eigenvalue weighted by Gasteiger charge is -2.32. The molecule has 1 saturated heterocycles. The molecular weight excluding hydrogens is 288 g/mol. The van der Waals surface area contributed by atoms with Gasteiger partial charge in [-0.25, -0.2) is 0 Å². The highest BCUT2D eigenvalue weighted by molar-refractivity contribution is 5.05. The molecule has 1 aliphatic heterocycles. The van der Waals surface area contributed by atoms with Crippen molar-refractivity contribution in [2.24, 2.45) is 0 Å². The molecule has 2 atom stereocenters. The van der Waals surface area contributed by atoms with Gasteiger partial charge in [0.15, 0.2) is 5.79 Å². The Bertz CT molecular complexity index is 327. The largest absolute Gasteiger partial charge is 0.366 e. The quantitative estimate of drug-likeness (QED) is 0.250. The van der Waals surface area contributed by atoms with Crippen LogP contribution < -0.4 is 0 Å². The van der Waals surface area contributed by atoms with Crippen LogP contribution in [-0.2, 0) is 14.2 Å². The lowest BCUT2D eigenvalue weighted by molar-refractivity contribution is -0.217. The van der Waals surface area contributed by atoms with Gasteiger partial charge in [0, 0.05) is 27.1 Å². The van der Waals surface area contributed by atoms with E-state index in [0.717, 1.165) is 19.3 Å². The first kappa shape index (κ1) is 19.2. The molecule has 2 aliphatic rings. The normalized spacial score (nSPS) is 27.0. The molecule has 23 heavy (non-hydrogen) atoms. The van der Waals surface area contributed by atoms with Gasteiger partial charge in [-0.3, -0.25) is 0 Å². The summed E-state index contributed by atoms with van der Waals surface area (Å²) in [5.74, 6) is -0.397. The van der Waals surface area contributed by atoms with Crippen LogP contribution in [0.15, 0.2) is 0 Å². The van der Waals surface area contributed by atoms with E-state index in [0.29, 0.717) is 6.10 Å². The molecule has 0 aromatic rings. The van der Waals surface area contributed by atoms with E-state index in [1.807, 2.05) is 0 Å². The Morgan fingerprint density at radius 1 is 0.957 bits per heavy atom. The zero-order valence-electron chi connectivity index (χ0n) is 15.7. The van der Waals surface area contributed by atoms with Gasteiger partial charge in [-0.2, -0.15) is 0 Å². The summed E-state index contributed by atoms with van der Waals surface area (Å²) in [6, 6.07) is 0. The van der Waals surface area contributed by atoms with E-state index in [1.54, 1.807) is 14.2 Å². The molecule has 0 radical (unpaired) electrons. The zero-order chi connectivity index (χ0) is 16.6. The lowest BCUT2D eigenvalue weighted by Crippen LogP contribution is -2.36. The van der Waals surface area contributed by atoms with Crippen LogP contribution in [0.1, 0.15) is 96.8 Å². The zero-order valence-corrected chi connectivity index (χ0v) is 15.7. The summed E-state index contributed by atoms with van der Waals surface area (Å²) in [4.78, 5) is 0. The second-order valence-electron chi connectivity index (χ2n) is 7.61. The van der Waals surface area contributed by atoms with Crippen LogP contribution in [0.3, 0.4) is 0 Å². The van der Waals surface area contributed by atoms with Gasteiger partial charge in [-0.1, -0.05) is 58.3 Å². The molecule has 2 rings (SSSR count). The van der Waals surface area contributed by atoms with Crippen molar-refractivity contribution in [2.75, 3.05) is 14.2 Å². The number of hydrogen-bond donors (Lipinski definition) is 0. The number of fused-ring (bicyclic) bond motifs is 1. The molecule has 1 saturated carbocycles. The summed E-state index contributed by atoms with van der Waals surface area (Å²) in [6.45, 7) is 2.27. The Morgan fingerprint density at radius 3 is 2.30 bits per heavy atom. The Balaban J connectivity index is 1.66. The van der Waals surface area contributed by atoms with E-state index < -0.39 is 5.79 Å². The Labute approximate surface area is 143 Å². The third-order valence-electron chi connectivity index (χ3n) is 6.06. The van der Waals surface area contributed by atoms with E-state index in [2.05, 4.69) is 6.92 Å². The number of methoxy groups -OCH3 is 2. The van der Waals surface area contributed by atoms with Gasteiger partial charge in [0.2, 0.25) is 0 Å². The molecule has 0 aromatic carbocycles. The molecule has 0 N–H and O–H groups in total. The van der Waals surface area contributed by atoms with Gasteiger partial charge in [0.1, 0.15) is 0 Å². The fraction of sp³-hybridized carbons (Fsp3) is 1.00. The van der Waals surface area contributed by atoms with Crippen LogP contribution in [0.2, 0.25) is 0 Å². The summed E-state index contributed by atoms with van der Waals surface area (Å²) in [5, 5.41) is 0. The summed E-state index contributed by atoms with van der Waals surface area (Å²) >= 11 is 0. The highest BCUT2D eigenvalue weighted by Gasteiger charge is 2.57. The van der Waals surface area contributed by atoms with E-state index in [-0.39, 0.29) is 5.60 Å². The summed E-state index contributed by atoms with van der Waals surface area (Å²) in [7, 11) is 3.60. The lowest BCUT2D eigenvalue weighted by atomic mass is 9.84. The number of rotatable bonds is 13. The first-order chi connectivity index (χ1) is 11.2. The smallest absolute Gasteiger partial charge is 0.167 e. The maximum absolute atomic E-state index is 6.02. The Morgan fingerprint density at radius 2 is 1.65 bits per heavy atom. The molecule has 0 bridgehead atoms. The first-order valence-corrected chi connectivity index (χ1v) is 9.98. The molecule has 3 nitrogen and oxygen atoms in total. The molecule has 136 valence electrons. The van der Waals surface area contributed by atoms with Crippen molar-refractivity contribution in [1.82, 2.24) is 0 Å². The first-order valence-electron chi connectivity index (χ1n) is 9.98. The standard InChI is InChI=1S/C20H38O3/c1-4-5-6-7-8-9-11-15-20(21-2,22-3)17-16-19-14-12-10-13-18(19)23-19/h18H,4-17H2,1-3H3. The van der Waals surface area contributed by atoms with Crippen molar-refractivity contribution < 1.29 is 14.2 Å². The summed E-state index contributed by atoms with van der Waals surface area (Å²) in [5.41, 5.74) is 0.181. The minimum absolute atomic E-state index is 0.181. The van der Waals surface area contributed by atoms with Crippen molar-refractivity contribution >= 4 is 0 Å². The fourth-order valence-electron chi connectivity index (χ4n) is 4.26. The Kier molecular flexibility index (Phi) is 7.84. The highest BCUT2D eigenvalue weighted by Crippen LogP contribution is 2.51. The molecule has 1 aliphatic carbocycles. The van der Waals surface area contributed by atoms with Crippen molar-refractivity contribution in [3.8, 4) is 0 Å². The molecule has 0 aromatic heterocycles. The van der Waals surface area contributed by atoms with E-state index >= 15 is 0 Å². The SMILES string of the molecule is CCCCCCCCCC(CCC12CCCCC1O2)(OC)OC. The number of hydrogen-bond acceptors (Lipinski definition) is 3. The van der Waals surface area contributed by atoms with Crippen LogP contribution >= 0.6 is 0 Å². The summed E-state index contributed by atoms with van der Waals surface area (Å²) in [6.07, 6.45) is 18.0.